The van der Waals surface area contributed by atoms with Gasteiger partial charge in [0.05, 0.1) is 0 Å². The highest BCUT2D eigenvalue weighted by molar-refractivity contribution is 7.68. The van der Waals surface area contributed by atoms with Crippen molar-refractivity contribution in [2.24, 2.45) is 0 Å². The fraction of sp³-hybridized carbons (Fsp3) is 0.385. The van der Waals surface area contributed by atoms with Crippen molar-refractivity contribution in [3.05, 3.63) is 71.8 Å². The van der Waals surface area contributed by atoms with Crippen molar-refractivity contribution in [1.82, 2.24) is 0 Å². The van der Waals surface area contributed by atoms with Crippen molar-refractivity contribution < 1.29 is 0 Å². The van der Waals surface area contributed by atoms with Gasteiger partial charge in [0, 0.05) is 11.1 Å². The van der Waals surface area contributed by atoms with Gasteiger partial charge < -0.3 is 0 Å². The second-order valence-electron chi connectivity index (χ2n) is 8.85. The van der Waals surface area contributed by atoms with Gasteiger partial charge >= 0.3 is 0 Å². The van der Waals surface area contributed by atoms with Crippen LogP contribution in [0.5, 0.6) is 0 Å². The highest BCUT2D eigenvalue weighted by Gasteiger charge is 2.27. The molecular formula is C26H32P2. The zero-order valence-electron chi connectivity index (χ0n) is 18.1. The molecule has 0 heterocycles. The van der Waals surface area contributed by atoms with Gasteiger partial charge in [-0.2, -0.15) is 0 Å². The van der Waals surface area contributed by atoms with Crippen LogP contribution >= 0.6 is 15.8 Å². The third-order valence-corrected chi connectivity index (χ3v) is 10.1. The van der Waals surface area contributed by atoms with E-state index >= 15 is 0 Å². The van der Waals surface area contributed by atoms with E-state index in [9.17, 15) is 0 Å². The van der Waals surface area contributed by atoms with Crippen molar-refractivity contribution >= 4 is 15.8 Å². The summed E-state index contributed by atoms with van der Waals surface area (Å²) in [6.45, 7) is 14.0. The minimum atomic E-state index is -0.383. The van der Waals surface area contributed by atoms with Crippen LogP contribution in [-0.4, -0.2) is 22.6 Å². The predicted molar refractivity (Wildman–Crippen MR) is 130 cm³/mol. The molecule has 146 valence electrons. The summed E-state index contributed by atoms with van der Waals surface area (Å²) in [5.41, 5.74) is 9.49. The number of hydrogen-bond acceptors (Lipinski definition) is 0. The topological polar surface area (TPSA) is 0 Å². The van der Waals surface area contributed by atoms with Crippen molar-refractivity contribution in [2.75, 3.05) is 12.3 Å². The maximum absolute atomic E-state index is 3.63. The van der Waals surface area contributed by atoms with Crippen LogP contribution in [0.4, 0.5) is 0 Å². The highest BCUT2D eigenvalue weighted by Crippen LogP contribution is 2.54. The van der Waals surface area contributed by atoms with Crippen molar-refractivity contribution in [3.63, 3.8) is 0 Å². The summed E-state index contributed by atoms with van der Waals surface area (Å²) in [4.78, 5) is 0. The zero-order chi connectivity index (χ0) is 20.6. The Labute approximate surface area is 175 Å². The molecule has 0 aliphatic carbocycles. The number of hydrogen-bond donors (Lipinski definition) is 0. The van der Waals surface area contributed by atoms with Gasteiger partial charge in [0.1, 0.15) is 0 Å². The molecule has 0 bridgehead atoms. The Kier molecular flexibility index (Phi) is 8.33. The SMILES string of the molecule is CC(C)(C)P(C#Cc1ccccc1)CC[P@@](C#Cc1ccccc1)C(C)(C)C. The molecule has 1 unspecified atom stereocenters. The van der Waals surface area contributed by atoms with Crippen LogP contribution in [0, 0.1) is 23.2 Å². The lowest BCUT2D eigenvalue weighted by molar-refractivity contribution is 0.781. The molecule has 28 heavy (non-hydrogen) atoms. The molecule has 0 aromatic heterocycles. The fourth-order valence-corrected chi connectivity index (χ4v) is 6.99. The molecule has 2 heteroatoms. The molecule has 0 N–H and O–H groups in total. The monoisotopic (exact) mass is 406 g/mol. The molecule has 2 rings (SSSR count). The summed E-state index contributed by atoms with van der Waals surface area (Å²) in [5, 5.41) is 0.450. The standard InChI is InChI=1S/C26H32P2/c1-25(2,3)27(19-17-23-13-9-7-10-14-23)21-22-28(26(4,5)6)20-18-24-15-11-8-12-16-24/h7-16H,21-22H2,1-6H3/t27-,28?/m1/s1. The lowest BCUT2D eigenvalue weighted by Gasteiger charge is -2.31. The first kappa shape index (κ1) is 22.7. The van der Waals surface area contributed by atoms with Gasteiger partial charge in [-0.3, -0.25) is 0 Å². The largest absolute Gasteiger partial charge is 0.0707 e. The normalized spacial score (nSPS) is 13.5. The van der Waals surface area contributed by atoms with Crippen LogP contribution in [0.25, 0.3) is 0 Å². The Hall–Kier alpha value is -1.58. The molecule has 0 aliphatic heterocycles. The Morgan fingerprint density at radius 2 is 0.893 bits per heavy atom. The first-order valence-corrected chi connectivity index (χ1v) is 12.9. The molecule has 0 saturated carbocycles. The van der Waals surface area contributed by atoms with E-state index in [2.05, 4.69) is 113 Å². The Bertz CT molecular complexity index is 772. The molecule has 0 spiro atoms. The minimum absolute atomic E-state index is 0.225. The quantitative estimate of drug-likeness (QED) is 0.364. The molecule has 0 nitrogen and oxygen atoms in total. The van der Waals surface area contributed by atoms with Gasteiger partial charge in [-0.25, -0.2) is 0 Å². The molecule has 2 atom stereocenters. The molecule has 0 amide bonds. The van der Waals surface area contributed by atoms with Gasteiger partial charge in [-0.1, -0.05) is 101 Å². The van der Waals surface area contributed by atoms with Gasteiger partial charge in [-0.05, 0) is 62.7 Å². The summed E-state index contributed by atoms with van der Waals surface area (Å²) in [5.74, 6) is 6.84. The summed E-state index contributed by atoms with van der Waals surface area (Å²) in [7, 11) is -0.765. The zero-order valence-corrected chi connectivity index (χ0v) is 19.9. The molecular weight excluding hydrogens is 374 g/mol. The summed E-state index contributed by atoms with van der Waals surface area (Å²) in [6, 6.07) is 20.7. The van der Waals surface area contributed by atoms with E-state index in [1.165, 1.54) is 0 Å². The predicted octanol–water partition coefficient (Wildman–Crippen LogP) is 7.57. The van der Waals surface area contributed by atoms with Gasteiger partial charge in [0.25, 0.3) is 0 Å². The second-order valence-corrected chi connectivity index (χ2v) is 14.6. The first-order chi connectivity index (χ1) is 13.2. The first-order valence-electron chi connectivity index (χ1n) is 9.85. The Balaban J connectivity index is 2.16. The maximum Gasteiger partial charge on any atom is 0.0248 e. The van der Waals surface area contributed by atoms with E-state index < -0.39 is 0 Å². The smallest absolute Gasteiger partial charge is 0.0248 e. The number of rotatable bonds is 3. The van der Waals surface area contributed by atoms with E-state index in [4.69, 9.17) is 0 Å². The van der Waals surface area contributed by atoms with E-state index in [0.29, 0.717) is 0 Å². The summed E-state index contributed by atoms with van der Waals surface area (Å²) in [6.07, 6.45) is 2.32. The van der Waals surface area contributed by atoms with Gasteiger partial charge in [-0.15, -0.1) is 0 Å². The van der Waals surface area contributed by atoms with Crippen LogP contribution in [0.2, 0.25) is 0 Å². The minimum Gasteiger partial charge on any atom is -0.0707 e. The molecule has 0 radical (unpaired) electrons. The van der Waals surface area contributed by atoms with Crippen molar-refractivity contribution in [3.8, 4) is 23.2 Å². The molecule has 2 aromatic rings. The molecule has 0 aliphatic rings. The third-order valence-electron chi connectivity index (χ3n) is 4.38. The van der Waals surface area contributed by atoms with E-state index in [-0.39, 0.29) is 26.2 Å². The Morgan fingerprint density at radius 1 is 0.571 bits per heavy atom. The second kappa shape index (κ2) is 10.3. The highest BCUT2D eigenvalue weighted by atomic mass is 31.1. The Morgan fingerprint density at radius 3 is 1.18 bits per heavy atom. The average Bonchev–Trinajstić information content (AvgIpc) is 2.63. The van der Waals surface area contributed by atoms with Crippen LogP contribution < -0.4 is 0 Å². The van der Waals surface area contributed by atoms with Crippen LogP contribution in [0.3, 0.4) is 0 Å². The van der Waals surface area contributed by atoms with E-state index in [1.807, 2.05) is 12.1 Å². The maximum atomic E-state index is 3.63. The van der Waals surface area contributed by atoms with Crippen molar-refractivity contribution in [1.29, 1.82) is 0 Å². The lowest BCUT2D eigenvalue weighted by atomic mass is 10.2. The molecule has 0 fully saturated rings. The van der Waals surface area contributed by atoms with Gasteiger partial charge in [0.15, 0.2) is 0 Å². The van der Waals surface area contributed by atoms with Crippen LogP contribution in [-0.2, 0) is 0 Å². The van der Waals surface area contributed by atoms with Gasteiger partial charge in [0.2, 0.25) is 0 Å². The van der Waals surface area contributed by atoms with Crippen molar-refractivity contribution in [2.45, 2.75) is 51.9 Å². The number of benzene rings is 2. The summed E-state index contributed by atoms with van der Waals surface area (Å²) < 4.78 is 0. The lowest BCUT2D eigenvalue weighted by Crippen LogP contribution is -2.17. The third kappa shape index (κ3) is 7.81. The van der Waals surface area contributed by atoms with Crippen LogP contribution in [0.15, 0.2) is 60.7 Å². The fourth-order valence-electron chi connectivity index (χ4n) is 2.63. The van der Waals surface area contributed by atoms with E-state index in [1.54, 1.807) is 0 Å². The van der Waals surface area contributed by atoms with E-state index in [0.717, 1.165) is 23.5 Å². The van der Waals surface area contributed by atoms with Crippen LogP contribution in [0.1, 0.15) is 52.7 Å². The summed E-state index contributed by atoms with van der Waals surface area (Å²) >= 11 is 0. The molecule has 2 aromatic carbocycles. The average molecular weight is 406 g/mol. The molecule has 0 saturated heterocycles.